The number of esters is 1. The van der Waals surface area contributed by atoms with Gasteiger partial charge >= 0.3 is 5.97 Å². The molecule has 1 fully saturated rings. The van der Waals surface area contributed by atoms with Crippen molar-refractivity contribution in [1.29, 1.82) is 0 Å². The van der Waals surface area contributed by atoms with Crippen molar-refractivity contribution in [2.75, 3.05) is 11.9 Å². The van der Waals surface area contributed by atoms with Crippen molar-refractivity contribution in [3.8, 4) is 0 Å². The van der Waals surface area contributed by atoms with E-state index in [0.717, 1.165) is 24.8 Å². The van der Waals surface area contributed by atoms with Crippen LogP contribution >= 0.6 is 0 Å². The van der Waals surface area contributed by atoms with Crippen molar-refractivity contribution in [2.45, 2.75) is 31.7 Å². The number of ether oxygens (including phenoxy) is 1. The number of nitro benzene ring substituents is 1. The summed E-state index contributed by atoms with van der Waals surface area (Å²) < 4.78 is 5.22. The molecule has 25 heavy (non-hydrogen) atoms. The molecule has 1 aromatic heterocycles. The van der Waals surface area contributed by atoms with Gasteiger partial charge < -0.3 is 10.1 Å². The largest absolute Gasteiger partial charge is 0.462 e. The number of rotatable bonds is 8. The Morgan fingerprint density at radius 3 is 2.88 bits per heavy atom. The minimum atomic E-state index is -0.549. The van der Waals surface area contributed by atoms with Crippen LogP contribution in [0.15, 0.2) is 42.7 Å². The number of pyridine rings is 1. The number of hydrogen-bond acceptors (Lipinski definition) is 6. The van der Waals surface area contributed by atoms with Crippen molar-refractivity contribution in [2.24, 2.45) is 0 Å². The van der Waals surface area contributed by atoms with Crippen LogP contribution < -0.4 is 5.32 Å². The van der Waals surface area contributed by atoms with Gasteiger partial charge in [-0.15, -0.1) is 0 Å². The zero-order valence-electron chi connectivity index (χ0n) is 13.7. The Hall–Kier alpha value is -2.96. The summed E-state index contributed by atoms with van der Waals surface area (Å²) in [5, 5.41) is 14.3. The molecule has 1 aliphatic carbocycles. The second kappa shape index (κ2) is 7.74. The van der Waals surface area contributed by atoms with Crippen molar-refractivity contribution in [1.82, 2.24) is 4.98 Å². The molecule has 0 saturated heterocycles. The Kier molecular flexibility index (Phi) is 5.23. The van der Waals surface area contributed by atoms with Gasteiger partial charge in [0.15, 0.2) is 0 Å². The zero-order valence-corrected chi connectivity index (χ0v) is 13.7. The van der Waals surface area contributed by atoms with E-state index < -0.39 is 10.9 Å². The predicted octanol–water partition coefficient (Wildman–Crippen LogP) is 3.35. The van der Waals surface area contributed by atoms with Crippen molar-refractivity contribution < 1.29 is 14.5 Å². The van der Waals surface area contributed by atoms with Crippen LogP contribution in [-0.2, 0) is 11.2 Å². The van der Waals surface area contributed by atoms with Crippen LogP contribution in [0.5, 0.6) is 0 Å². The molecule has 0 aliphatic heterocycles. The summed E-state index contributed by atoms with van der Waals surface area (Å²) in [6.45, 7) is 0.254. The summed E-state index contributed by atoms with van der Waals surface area (Å²) in [7, 11) is 0. The summed E-state index contributed by atoms with van der Waals surface area (Å²) >= 11 is 0. The van der Waals surface area contributed by atoms with E-state index in [1.165, 1.54) is 6.07 Å². The number of nitro groups is 1. The Morgan fingerprint density at radius 2 is 2.20 bits per heavy atom. The highest BCUT2D eigenvalue weighted by Gasteiger charge is 2.25. The van der Waals surface area contributed by atoms with E-state index in [9.17, 15) is 14.9 Å². The van der Waals surface area contributed by atoms with Crippen LogP contribution in [0, 0.1) is 10.1 Å². The molecule has 1 saturated carbocycles. The molecule has 1 N–H and O–H groups in total. The van der Waals surface area contributed by atoms with Crippen molar-refractivity contribution >= 4 is 17.3 Å². The first-order valence-electron chi connectivity index (χ1n) is 8.24. The summed E-state index contributed by atoms with van der Waals surface area (Å²) in [5.74, 6) is -0.549. The molecule has 0 spiro atoms. The van der Waals surface area contributed by atoms with E-state index >= 15 is 0 Å². The van der Waals surface area contributed by atoms with Crippen LogP contribution in [0.25, 0.3) is 0 Å². The highest BCUT2D eigenvalue weighted by atomic mass is 16.6. The number of carbonyl (C=O) groups is 1. The molecule has 3 rings (SSSR count). The third-order valence-electron chi connectivity index (χ3n) is 3.93. The molecule has 0 bridgehead atoms. The number of carbonyl (C=O) groups excluding carboxylic acids is 1. The smallest absolute Gasteiger partial charge is 0.338 e. The fraction of sp³-hybridized carbons (Fsp3) is 0.333. The molecule has 0 amide bonds. The van der Waals surface area contributed by atoms with Gasteiger partial charge in [0.05, 0.1) is 17.1 Å². The van der Waals surface area contributed by atoms with Crippen LogP contribution in [0.2, 0.25) is 0 Å². The average Bonchev–Trinajstić information content (AvgIpc) is 3.43. The van der Waals surface area contributed by atoms with Gasteiger partial charge in [-0.05, 0) is 49.4 Å². The maximum absolute atomic E-state index is 12.1. The second-order valence-electron chi connectivity index (χ2n) is 6.01. The van der Waals surface area contributed by atoms with E-state index in [4.69, 9.17) is 4.74 Å². The molecule has 1 aromatic carbocycles. The molecule has 2 aromatic rings. The zero-order chi connectivity index (χ0) is 17.6. The first kappa shape index (κ1) is 16.9. The molecule has 1 heterocycles. The molecule has 130 valence electrons. The van der Waals surface area contributed by atoms with E-state index in [-0.39, 0.29) is 17.9 Å². The number of nitrogens with zero attached hydrogens (tertiary/aromatic N) is 2. The summed E-state index contributed by atoms with van der Waals surface area (Å²) in [4.78, 5) is 26.9. The Morgan fingerprint density at radius 1 is 1.36 bits per heavy atom. The molecular weight excluding hydrogens is 322 g/mol. The van der Waals surface area contributed by atoms with E-state index in [1.807, 2.05) is 12.1 Å². The van der Waals surface area contributed by atoms with Gasteiger partial charge in [-0.25, -0.2) is 4.79 Å². The minimum Gasteiger partial charge on any atom is -0.462 e. The summed E-state index contributed by atoms with van der Waals surface area (Å²) in [6.07, 6.45) is 6.93. The maximum atomic E-state index is 12.1. The monoisotopic (exact) mass is 341 g/mol. The normalized spacial score (nSPS) is 13.3. The second-order valence-corrected chi connectivity index (χ2v) is 6.01. The number of nitrogens with one attached hydrogen (secondary N) is 1. The number of benzene rings is 1. The topological polar surface area (TPSA) is 94.4 Å². The quantitative estimate of drug-likeness (QED) is 0.342. The van der Waals surface area contributed by atoms with E-state index in [1.54, 1.807) is 24.5 Å². The number of anilines is 1. The van der Waals surface area contributed by atoms with Crippen LogP contribution in [0.4, 0.5) is 11.4 Å². The Balaban J connectivity index is 1.55. The molecule has 7 heteroatoms. The lowest BCUT2D eigenvalue weighted by Gasteiger charge is -2.08. The molecule has 0 atom stereocenters. The van der Waals surface area contributed by atoms with Crippen molar-refractivity contribution in [3.05, 3.63) is 64.0 Å². The third kappa shape index (κ3) is 4.76. The maximum Gasteiger partial charge on any atom is 0.338 e. The fourth-order valence-electron chi connectivity index (χ4n) is 2.45. The minimum absolute atomic E-state index is 0.100. The van der Waals surface area contributed by atoms with Crippen LogP contribution in [-0.4, -0.2) is 28.5 Å². The highest BCUT2D eigenvalue weighted by Crippen LogP contribution is 2.31. The lowest BCUT2D eigenvalue weighted by atomic mass is 10.1. The van der Waals surface area contributed by atoms with Gasteiger partial charge in [0.25, 0.3) is 5.69 Å². The molecule has 1 aliphatic rings. The number of hydrogen-bond donors (Lipinski definition) is 1. The SMILES string of the molecule is O=C(OCCCc1cccnc1)c1ccc(NC2CC2)c([N+](=O)[O-])c1. The molecule has 7 nitrogen and oxygen atoms in total. The van der Waals surface area contributed by atoms with Gasteiger partial charge in [0, 0.05) is 24.5 Å². The van der Waals surface area contributed by atoms with E-state index in [2.05, 4.69) is 10.3 Å². The van der Waals surface area contributed by atoms with Gasteiger partial charge in [-0.3, -0.25) is 15.1 Å². The van der Waals surface area contributed by atoms with Crippen LogP contribution in [0.3, 0.4) is 0 Å². The third-order valence-corrected chi connectivity index (χ3v) is 3.93. The van der Waals surface area contributed by atoms with Gasteiger partial charge in [0.2, 0.25) is 0 Å². The van der Waals surface area contributed by atoms with Gasteiger partial charge in [0.1, 0.15) is 5.69 Å². The fourth-order valence-corrected chi connectivity index (χ4v) is 2.45. The summed E-state index contributed by atoms with van der Waals surface area (Å²) in [6, 6.07) is 8.52. The van der Waals surface area contributed by atoms with E-state index in [0.29, 0.717) is 18.2 Å². The Bertz CT molecular complexity index is 760. The van der Waals surface area contributed by atoms with Gasteiger partial charge in [-0.1, -0.05) is 6.07 Å². The Labute approximate surface area is 145 Å². The lowest BCUT2D eigenvalue weighted by Crippen LogP contribution is -2.09. The van der Waals surface area contributed by atoms with Crippen LogP contribution in [0.1, 0.15) is 35.2 Å². The van der Waals surface area contributed by atoms with Crippen molar-refractivity contribution in [3.63, 3.8) is 0 Å². The predicted molar refractivity (Wildman–Crippen MR) is 92.6 cm³/mol. The average molecular weight is 341 g/mol. The molecular formula is C18H19N3O4. The first-order chi connectivity index (χ1) is 12.1. The highest BCUT2D eigenvalue weighted by molar-refractivity contribution is 5.91. The number of aryl methyl sites for hydroxylation is 1. The number of aromatic nitrogens is 1. The lowest BCUT2D eigenvalue weighted by molar-refractivity contribution is -0.384. The molecule has 0 radical (unpaired) electrons. The standard InChI is InChI=1S/C18H19N3O4/c22-18(25-10-2-4-13-3-1-9-19-12-13)14-5-8-16(20-15-6-7-15)17(11-14)21(23)24/h1,3,5,8-9,11-12,15,20H,2,4,6-7,10H2. The van der Waals surface area contributed by atoms with Gasteiger partial charge in [-0.2, -0.15) is 0 Å². The summed E-state index contributed by atoms with van der Waals surface area (Å²) in [5.41, 5.74) is 1.61. The first-order valence-corrected chi connectivity index (χ1v) is 8.24. The molecule has 0 unspecified atom stereocenters.